The number of hydrogen-bond donors (Lipinski definition) is 2. The smallest absolute Gasteiger partial charge is 0.407 e. The lowest BCUT2D eigenvalue weighted by Crippen LogP contribution is -2.47. The standard InChI is InChI=1S/C12H22N2O2/c1-9(2)16-12(15)14-11-8-6-4-3-5-7-10(11)13/h6,8-11H,3-5,7,13H2,1-2H3,(H,14,15)/b8-6+/t10-,11?/m1/s1. The molecule has 16 heavy (non-hydrogen) atoms. The van der Waals surface area contributed by atoms with Crippen LogP contribution in [0.3, 0.4) is 0 Å². The third-order valence-corrected chi connectivity index (χ3v) is 2.59. The average molecular weight is 226 g/mol. The average Bonchev–Trinajstić information content (AvgIpc) is 2.16. The van der Waals surface area contributed by atoms with E-state index in [1.165, 1.54) is 6.42 Å². The van der Waals surface area contributed by atoms with E-state index < -0.39 is 0 Å². The summed E-state index contributed by atoms with van der Waals surface area (Å²) in [7, 11) is 0. The summed E-state index contributed by atoms with van der Waals surface area (Å²) < 4.78 is 5.03. The number of nitrogens with two attached hydrogens (primary N) is 1. The predicted octanol–water partition coefficient (Wildman–Crippen LogP) is 1.95. The van der Waals surface area contributed by atoms with E-state index in [1.807, 2.05) is 19.9 Å². The highest BCUT2D eigenvalue weighted by Crippen LogP contribution is 2.11. The molecule has 0 fully saturated rings. The van der Waals surface area contributed by atoms with Crippen LogP contribution in [0.4, 0.5) is 4.79 Å². The van der Waals surface area contributed by atoms with Gasteiger partial charge in [0.1, 0.15) is 0 Å². The normalized spacial score (nSPS) is 28.0. The van der Waals surface area contributed by atoms with Gasteiger partial charge in [-0.05, 0) is 33.1 Å². The molecule has 0 heterocycles. The van der Waals surface area contributed by atoms with Crippen molar-refractivity contribution in [2.45, 2.75) is 57.7 Å². The molecule has 2 atom stereocenters. The molecule has 1 amide bonds. The third kappa shape index (κ3) is 4.66. The molecule has 0 aromatic carbocycles. The van der Waals surface area contributed by atoms with Crippen molar-refractivity contribution in [2.24, 2.45) is 5.73 Å². The van der Waals surface area contributed by atoms with E-state index in [2.05, 4.69) is 11.4 Å². The zero-order valence-electron chi connectivity index (χ0n) is 10.1. The van der Waals surface area contributed by atoms with E-state index in [1.54, 1.807) is 0 Å². The molecule has 0 saturated heterocycles. The summed E-state index contributed by atoms with van der Waals surface area (Å²) in [6.45, 7) is 3.65. The van der Waals surface area contributed by atoms with Crippen molar-refractivity contribution in [3.05, 3.63) is 12.2 Å². The van der Waals surface area contributed by atoms with Crippen LogP contribution in [0.15, 0.2) is 12.2 Å². The van der Waals surface area contributed by atoms with Crippen LogP contribution in [0, 0.1) is 0 Å². The molecule has 0 aromatic rings. The van der Waals surface area contributed by atoms with Crippen molar-refractivity contribution in [3.8, 4) is 0 Å². The van der Waals surface area contributed by atoms with E-state index in [0.717, 1.165) is 19.3 Å². The first-order chi connectivity index (χ1) is 7.59. The highest BCUT2D eigenvalue weighted by molar-refractivity contribution is 5.68. The Kier molecular flexibility index (Phi) is 5.32. The minimum Gasteiger partial charge on any atom is -0.447 e. The number of hydrogen-bond acceptors (Lipinski definition) is 3. The molecule has 0 spiro atoms. The summed E-state index contributed by atoms with van der Waals surface area (Å²) in [6, 6.07) is -0.122. The lowest BCUT2D eigenvalue weighted by molar-refractivity contribution is 0.112. The first kappa shape index (κ1) is 13.0. The Morgan fingerprint density at radius 2 is 2.25 bits per heavy atom. The lowest BCUT2D eigenvalue weighted by Gasteiger charge is -2.24. The van der Waals surface area contributed by atoms with E-state index >= 15 is 0 Å². The lowest BCUT2D eigenvalue weighted by atomic mass is 9.98. The number of alkyl carbamates (subject to hydrolysis) is 1. The van der Waals surface area contributed by atoms with Crippen LogP contribution in [0.5, 0.6) is 0 Å². The molecule has 92 valence electrons. The van der Waals surface area contributed by atoms with Gasteiger partial charge in [-0.3, -0.25) is 0 Å². The largest absolute Gasteiger partial charge is 0.447 e. The molecular formula is C12H22N2O2. The highest BCUT2D eigenvalue weighted by atomic mass is 16.6. The maximum absolute atomic E-state index is 11.4. The van der Waals surface area contributed by atoms with Crippen LogP contribution in [0.2, 0.25) is 0 Å². The summed E-state index contributed by atoms with van der Waals surface area (Å²) in [5, 5.41) is 2.79. The van der Waals surface area contributed by atoms with E-state index in [0.29, 0.717) is 0 Å². The minimum absolute atomic E-state index is 0.0173. The fourth-order valence-corrected chi connectivity index (χ4v) is 1.75. The van der Waals surface area contributed by atoms with Crippen molar-refractivity contribution in [1.29, 1.82) is 0 Å². The Balaban J connectivity index is 2.48. The quantitative estimate of drug-likeness (QED) is 0.707. The summed E-state index contributed by atoms with van der Waals surface area (Å²) in [4.78, 5) is 11.4. The number of rotatable bonds is 2. The van der Waals surface area contributed by atoms with E-state index in [4.69, 9.17) is 10.5 Å². The van der Waals surface area contributed by atoms with Crippen LogP contribution in [0.1, 0.15) is 39.5 Å². The minimum atomic E-state index is -0.388. The molecule has 1 aliphatic carbocycles. The fraction of sp³-hybridized carbons (Fsp3) is 0.750. The molecule has 0 saturated carbocycles. The van der Waals surface area contributed by atoms with Gasteiger partial charge < -0.3 is 15.8 Å². The van der Waals surface area contributed by atoms with Gasteiger partial charge in [0.25, 0.3) is 0 Å². The summed E-state index contributed by atoms with van der Waals surface area (Å²) in [5.74, 6) is 0. The number of carbonyl (C=O) groups is 1. The Bertz CT molecular complexity index is 251. The molecule has 1 unspecified atom stereocenters. The Morgan fingerprint density at radius 1 is 1.50 bits per heavy atom. The number of carbonyl (C=O) groups excluding carboxylic acids is 1. The van der Waals surface area contributed by atoms with Gasteiger partial charge >= 0.3 is 6.09 Å². The van der Waals surface area contributed by atoms with Gasteiger partial charge in [0.2, 0.25) is 0 Å². The van der Waals surface area contributed by atoms with Gasteiger partial charge in [0, 0.05) is 6.04 Å². The van der Waals surface area contributed by atoms with Crippen LogP contribution < -0.4 is 11.1 Å². The van der Waals surface area contributed by atoms with Crippen LogP contribution in [0.25, 0.3) is 0 Å². The Labute approximate surface area is 97.2 Å². The first-order valence-electron chi connectivity index (χ1n) is 5.99. The van der Waals surface area contributed by atoms with Gasteiger partial charge in [0.15, 0.2) is 0 Å². The van der Waals surface area contributed by atoms with Gasteiger partial charge in [0.05, 0.1) is 12.1 Å². The van der Waals surface area contributed by atoms with Gasteiger partial charge in [-0.25, -0.2) is 4.79 Å². The fourth-order valence-electron chi connectivity index (χ4n) is 1.75. The molecule has 3 N–H and O–H groups in total. The second-order valence-electron chi connectivity index (χ2n) is 4.50. The van der Waals surface area contributed by atoms with Crippen molar-refractivity contribution in [3.63, 3.8) is 0 Å². The van der Waals surface area contributed by atoms with Gasteiger partial charge in [-0.15, -0.1) is 0 Å². The van der Waals surface area contributed by atoms with Gasteiger partial charge in [-0.1, -0.05) is 18.6 Å². The zero-order chi connectivity index (χ0) is 12.0. The molecule has 1 aliphatic rings. The first-order valence-corrected chi connectivity index (χ1v) is 5.99. The molecule has 0 aromatic heterocycles. The number of nitrogens with one attached hydrogen (secondary N) is 1. The number of allylic oxidation sites excluding steroid dienone is 1. The second kappa shape index (κ2) is 6.53. The topological polar surface area (TPSA) is 64.3 Å². The predicted molar refractivity (Wildman–Crippen MR) is 64.1 cm³/mol. The van der Waals surface area contributed by atoms with Crippen LogP contribution in [-0.2, 0) is 4.74 Å². The van der Waals surface area contributed by atoms with Crippen molar-refractivity contribution >= 4 is 6.09 Å². The summed E-state index contributed by atoms with van der Waals surface area (Å²) in [5.41, 5.74) is 6.01. The SMILES string of the molecule is CC(C)OC(=O)NC1/C=C/CCCC[C@H]1N. The maximum Gasteiger partial charge on any atom is 0.407 e. The molecule has 0 radical (unpaired) electrons. The molecular weight excluding hydrogens is 204 g/mol. The Morgan fingerprint density at radius 3 is 2.94 bits per heavy atom. The number of ether oxygens (including phenoxy) is 1. The second-order valence-corrected chi connectivity index (χ2v) is 4.50. The van der Waals surface area contributed by atoms with E-state index in [9.17, 15) is 4.79 Å². The van der Waals surface area contributed by atoms with Crippen LogP contribution in [-0.4, -0.2) is 24.3 Å². The number of amides is 1. The van der Waals surface area contributed by atoms with Crippen molar-refractivity contribution < 1.29 is 9.53 Å². The van der Waals surface area contributed by atoms with Crippen molar-refractivity contribution in [1.82, 2.24) is 5.32 Å². The van der Waals surface area contributed by atoms with E-state index in [-0.39, 0.29) is 24.3 Å². The van der Waals surface area contributed by atoms with Crippen molar-refractivity contribution in [2.75, 3.05) is 0 Å². The molecule has 1 rings (SSSR count). The molecule has 0 aliphatic heterocycles. The zero-order valence-corrected chi connectivity index (χ0v) is 10.1. The molecule has 4 heteroatoms. The van der Waals surface area contributed by atoms with Crippen LogP contribution >= 0.6 is 0 Å². The monoisotopic (exact) mass is 226 g/mol. The maximum atomic E-state index is 11.4. The Hall–Kier alpha value is -1.03. The summed E-state index contributed by atoms with van der Waals surface area (Å²) >= 11 is 0. The summed E-state index contributed by atoms with van der Waals surface area (Å²) in [6.07, 6.45) is 7.86. The third-order valence-electron chi connectivity index (χ3n) is 2.59. The highest BCUT2D eigenvalue weighted by Gasteiger charge is 2.19. The molecule has 0 bridgehead atoms. The molecule has 4 nitrogen and oxygen atoms in total. The van der Waals surface area contributed by atoms with Gasteiger partial charge in [-0.2, -0.15) is 0 Å².